The summed E-state index contributed by atoms with van der Waals surface area (Å²) in [7, 11) is 0. The van der Waals surface area contributed by atoms with Gasteiger partial charge in [-0.3, -0.25) is 9.36 Å². The highest BCUT2D eigenvalue weighted by molar-refractivity contribution is 7.99. The van der Waals surface area contributed by atoms with E-state index in [9.17, 15) is 4.79 Å². The lowest BCUT2D eigenvalue weighted by atomic mass is 10.2. The summed E-state index contributed by atoms with van der Waals surface area (Å²) in [6.45, 7) is 4.63. The lowest BCUT2D eigenvalue weighted by Gasteiger charge is -2.12. The molecule has 9 heteroatoms. The quantitative estimate of drug-likeness (QED) is 0.379. The molecule has 31 heavy (non-hydrogen) atoms. The van der Waals surface area contributed by atoms with E-state index in [2.05, 4.69) is 57.9 Å². The number of para-hydroxylation sites is 1. The topological polar surface area (TPSA) is 84.7 Å². The third-order valence-electron chi connectivity index (χ3n) is 4.59. The van der Waals surface area contributed by atoms with Crippen LogP contribution < -0.4 is 10.6 Å². The van der Waals surface area contributed by atoms with Crippen LogP contribution in [0.15, 0.2) is 65.3 Å². The van der Waals surface area contributed by atoms with Gasteiger partial charge in [-0.1, -0.05) is 47.7 Å². The van der Waals surface area contributed by atoms with E-state index in [-0.39, 0.29) is 11.7 Å². The van der Waals surface area contributed by atoms with Crippen molar-refractivity contribution in [2.45, 2.75) is 25.5 Å². The fourth-order valence-electron chi connectivity index (χ4n) is 2.98. The highest BCUT2D eigenvalue weighted by Crippen LogP contribution is 2.24. The number of rotatable bonds is 8. The Morgan fingerprint density at radius 3 is 2.65 bits per heavy atom. The van der Waals surface area contributed by atoms with E-state index in [1.807, 2.05) is 40.3 Å². The Bertz CT molecular complexity index is 1160. The highest BCUT2D eigenvalue weighted by atomic mass is 32.2. The molecule has 0 bridgehead atoms. The van der Waals surface area contributed by atoms with Crippen molar-refractivity contribution in [2.24, 2.45) is 0 Å². The third kappa shape index (κ3) is 5.31. The molecule has 2 heterocycles. The zero-order chi connectivity index (χ0) is 21.6. The van der Waals surface area contributed by atoms with Crippen molar-refractivity contribution < 1.29 is 4.79 Å². The normalized spacial score (nSPS) is 10.8. The fourth-order valence-corrected chi connectivity index (χ4v) is 4.29. The van der Waals surface area contributed by atoms with Gasteiger partial charge >= 0.3 is 0 Å². The second-order valence-electron chi connectivity index (χ2n) is 6.91. The maximum atomic E-state index is 12.3. The molecule has 4 aromatic rings. The molecule has 0 saturated carbocycles. The molecule has 0 unspecified atom stereocenters. The smallest absolute Gasteiger partial charge is 0.236 e. The third-order valence-corrected chi connectivity index (χ3v) is 6.20. The molecule has 0 aliphatic rings. The number of carbonyl (C=O) groups excluding carboxylic acids is 1. The highest BCUT2D eigenvalue weighted by Gasteiger charge is 2.16. The number of carbonyl (C=O) groups is 1. The van der Waals surface area contributed by atoms with Gasteiger partial charge in [0, 0.05) is 23.0 Å². The Morgan fingerprint density at radius 2 is 1.90 bits per heavy atom. The Morgan fingerprint density at radius 1 is 1.10 bits per heavy atom. The summed E-state index contributed by atoms with van der Waals surface area (Å²) in [5, 5.41) is 18.1. The number of thiazole rings is 1. The SMILES string of the molecule is Cc1ccc(-n2c(CNc3ccccc3C)nnc2SCC(=O)Nc2nccs2)cc1. The molecule has 0 aliphatic heterocycles. The molecule has 0 saturated heterocycles. The Kier molecular flexibility index (Phi) is 6.63. The lowest BCUT2D eigenvalue weighted by Crippen LogP contribution is -2.14. The molecule has 2 N–H and O–H groups in total. The molecule has 4 rings (SSSR count). The number of aryl methyl sites for hydroxylation is 2. The molecule has 2 aromatic carbocycles. The van der Waals surface area contributed by atoms with Crippen LogP contribution in [0.5, 0.6) is 0 Å². The minimum Gasteiger partial charge on any atom is -0.378 e. The van der Waals surface area contributed by atoms with Crippen molar-refractivity contribution in [3.05, 3.63) is 77.1 Å². The molecule has 0 atom stereocenters. The molecule has 0 spiro atoms. The molecule has 0 fully saturated rings. The van der Waals surface area contributed by atoms with E-state index >= 15 is 0 Å². The zero-order valence-electron chi connectivity index (χ0n) is 17.2. The van der Waals surface area contributed by atoms with Crippen molar-refractivity contribution in [1.82, 2.24) is 19.7 Å². The predicted octanol–water partition coefficient (Wildman–Crippen LogP) is 4.68. The number of anilines is 2. The molecule has 7 nitrogen and oxygen atoms in total. The van der Waals surface area contributed by atoms with E-state index in [0.717, 1.165) is 22.8 Å². The van der Waals surface area contributed by atoms with Crippen LogP contribution in [0.4, 0.5) is 10.8 Å². The van der Waals surface area contributed by atoms with Crippen LogP contribution in [-0.2, 0) is 11.3 Å². The molecular formula is C22H22N6OS2. The number of thioether (sulfide) groups is 1. The number of benzene rings is 2. The van der Waals surface area contributed by atoms with Crippen molar-refractivity contribution in [3.8, 4) is 5.69 Å². The summed E-state index contributed by atoms with van der Waals surface area (Å²) in [6, 6.07) is 16.3. The lowest BCUT2D eigenvalue weighted by molar-refractivity contribution is -0.113. The number of hydrogen-bond donors (Lipinski definition) is 2. The molecule has 0 aliphatic carbocycles. The summed E-state index contributed by atoms with van der Waals surface area (Å²) in [5.74, 6) is 0.863. The van der Waals surface area contributed by atoms with Crippen LogP contribution in [0.3, 0.4) is 0 Å². The minimum atomic E-state index is -0.127. The van der Waals surface area contributed by atoms with Gasteiger partial charge in [0.25, 0.3) is 0 Å². The van der Waals surface area contributed by atoms with Crippen LogP contribution in [0.25, 0.3) is 5.69 Å². The van der Waals surface area contributed by atoms with Gasteiger partial charge < -0.3 is 10.6 Å². The van der Waals surface area contributed by atoms with E-state index in [0.29, 0.717) is 16.8 Å². The van der Waals surface area contributed by atoms with Crippen LogP contribution in [0, 0.1) is 13.8 Å². The van der Waals surface area contributed by atoms with Crippen LogP contribution in [-0.4, -0.2) is 31.4 Å². The number of amides is 1. The monoisotopic (exact) mass is 450 g/mol. The Hall–Kier alpha value is -3.17. The van der Waals surface area contributed by atoms with Crippen molar-refractivity contribution in [3.63, 3.8) is 0 Å². The van der Waals surface area contributed by atoms with Crippen LogP contribution in [0.2, 0.25) is 0 Å². The van der Waals surface area contributed by atoms with E-state index in [4.69, 9.17) is 0 Å². The Labute approximate surface area is 188 Å². The number of aromatic nitrogens is 4. The van der Waals surface area contributed by atoms with Crippen molar-refractivity contribution in [1.29, 1.82) is 0 Å². The maximum absolute atomic E-state index is 12.3. The van der Waals surface area contributed by atoms with E-state index in [1.165, 1.54) is 28.7 Å². The molecule has 1 amide bonds. The summed E-state index contributed by atoms with van der Waals surface area (Å²) in [6.07, 6.45) is 1.66. The van der Waals surface area contributed by atoms with Gasteiger partial charge in [0.05, 0.1) is 12.3 Å². The average Bonchev–Trinajstić information content (AvgIpc) is 3.42. The van der Waals surface area contributed by atoms with Crippen molar-refractivity contribution in [2.75, 3.05) is 16.4 Å². The first-order valence-corrected chi connectivity index (χ1v) is 11.6. The largest absolute Gasteiger partial charge is 0.378 e. The molecule has 2 aromatic heterocycles. The number of hydrogen-bond acceptors (Lipinski definition) is 7. The maximum Gasteiger partial charge on any atom is 0.236 e. The number of nitrogens with zero attached hydrogens (tertiary/aromatic N) is 4. The summed E-state index contributed by atoms with van der Waals surface area (Å²) in [5.41, 5.74) is 4.35. The summed E-state index contributed by atoms with van der Waals surface area (Å²) < 4.78 is 1.99. The summed E-state index contributed by atoms with van der Waals surface area (Å²) >= 11 is 2.74. The first kappa shape index (κ1) is 21.1. The van der Waals surface area contributed by atoms with Gasteiger partial charge in [-0.25, -0.2) is 4.98 Å². The number of nitrogens with one attached hydrogen (secondary N) is 2. The predicted molar refractivity (Wildman–Crippen MR) is 126 cm³/mol. The fraction of sp³-hybridized carbons (Fsp3) is 0.182. The van der Waals surface area contributed by atoms with Gasteiger partial charge in [-0.2, -0.15) is 0 Å². The summed E-state index contributed by atoms with van der Waals surface area (Å²) in [4.78, 5) is 16.4. The second-order valence-corrected chi connectivity index (χ2v) is 8.75. The first-order chi connectivity index (χ1) is 15.1. The first-order valence-electron chi connectivity index (χ1n) is 9.73. The molecule has 0 radical (unpaired) electrons. The van der Waals surface area contributed by atoms with Crippen molar-refractivity contribution >= 4 is 39.8 Å². The minimum absolute atomic E-state index is 0.127. The molecular weight excluding hydrogens is 428 g/mol. The second kappa shape index (κ2) is 9.76. The van der Waals surface area contributed by atoms with E-state index in [1.54, 1.807) is 6.20 Å². The van der Waals surface area contributed by atoms with E-state index < -0.39 is 0 Å². The van der Waals surface area contributed by atoms with Gasteiger partial charge in [0.2, 0.25) is 5.91 Å². The zero-order valence-corrected chi connectivity index (χ0v) is 18.8. The Balaban J connectivity index is 1.54. The molecule has 158 valence electrons. The van der Waals surface area contributed by atoms with Crippen LogP contribution >= 0.6 is 23.1 Å². The van der Waals surface area contributed by atoms with Gasteiger partial charge in [-0.05, 0) is 37.6 Å². The van der Waals surface area contributed by atoms with Gasteiger partial charge in [0.1, 0.15) is 0 Å². The average molecular weight is 451 g/mol. The van der Waals surface area contributed by atoms with Gasteiger partial charge in [-0.15, -0.1) is 21.5 Å². The van der Waals surface area contributed by atoms with Gasteiger partial charge in [0.15, 0.2) is 16.1 Å². The standard InChI is InChI=1S/C22H22N6OS2/c1-15-7-9-17(10-8-15)28-19(13-24-18-6-4-3-5-16(18)2)26-27-22(28)31-14-20(29)25-21-23-11-12-30-21/h3-12,24H,13-14H2,1-2H3,(H,23,25,29). The van der Waals surface area contributed by atoms with Crippen LogP contribution in [0.1, 0.15) is 17.0 Å².